The molecule has 44 heavy (non-hydrogen) atoms. The van der Waals surface area contributed by atoms with E-state index >= 15 is 0 Å². The molecule has 1 aromatic carbocycles. The number of nitrogens with zero attached hydrogens (tertiary/aromatic N) is 5. The number of aromatic nitrogens is 3. The Morgan fingerprint density at radius 3 is 2.09 bits per heavy atom. The average molecular weight is 626 g/mol. The number of hydrogen-bond acceptors (Lipinski definition) is 7. The normalized spacial score (nSPS) is 16.1. The molecule has 0 unspecified atom stereocenters. The molecule has 3 amide bonds. The minimum Gasteiger partial charge on any atom is -0.353 e. The summed E-state index contributed by atoms with van der Waals surface area (Å²) >= 11 is 0. The molecule has 13 heteroatoms. The third kappa shape index (κ3) is 8.56. The summed E-state index contributed by atoms with van der Waals surface area (Å²) < 4.78 is 27.6. The molecule has 1 saturated heterocycles. The van der Waals surface area contributed by atoms with Gasteiger partial charge in [0.25, 0.3) is 10.1 Å². The van der Waals surface area contributed by atoms with Gasteiger partial charge in [-0.3, -0.25) is 14.7 Å². The summed E-state index contributed by atoms with van der Waals surface area (Å²) in [6, 6.07) is 11.5. The van der Waals surface area contributed by atoms with Crippen molar-refractivity contribution in [1.29, 1.82) is 0 Å². The predicted octanol–water partition coefficient (Wildman–Crippen LogP) is 4.78. The molecule has 0 radical (unpaired) electrons. The largest absolute Gasteiger partial charge is 0.353 e. The summed E-state index contributed by atoms with van der Waals surface area (Å²) in [5.74, 6) is 1.77. The molecule has 12 nitrogen and oxygen atoms in total. The van der Waals surface area contributed by atoms with E-state index < -0.39 is 10.1 Å². The van der Waals surface area contributed by atoms with Crippen molar-refractivity contribution in [2.24, 2.45) is 5.41 Å². The van der Waals surface area contributed by atoms with Crippen LogP contribution in [0.15, 0.2) is 42.6 Å². The van der Waals surface area contributed by atoms with Crippen LogP contribution in [0.1, 0.15) is 57.4 Å². The van der Waals surface area contributed by atoms with Gasteiger partial charge in [-0.05, 0) is 50.5 Å². The van der Waals surface area contributed by atoms with E-state index in [4.69, 9.17) is 9.65 Å². The summed E-state index contributed by atoms with van der Waals surface area (Å²) in [5.41, 5.74) is 4.20. The molecular formula is C31H43N7O5S. The van der Waals surface area contributed by atoms with Crippen LogP contribution in [0.2, 0.25) is 0 Å². The van der Waals surface area contributed by atoms with Gasteiger partial charge in [0, 0.05) is 43.1 Å². The van der Waals surface area contributed by atoms with Gasteiger partial charge in [-0.2, -0.15) is 13.5 Å². The minimum absolute atomic E-state index is 0.129. The van der Waals surface area contributed by atoms with Crippen molar-refractivity contribution in [3.63, 3.8) is 0 Å². The van der Waals surface area contributed by atoms with E-state index in [1.807, 2.05) is 55.1 Å². The standard InChI is InChI=1S/C30H39N7O2.CH4O3S/c1-20-7-9-23(10-8-20)37-25(18-24(34-37)29(3,4)5)33-28(39)32-22-17-21(2)26(31-19-22)35-13-15-36(16-14-35)27(38)30(6)11-12-30;1-5(2,3)4/h7-10,17-19H,11-16H2,1-6H3,(H2,32,33,39);1H3,(H,2,3,4). The molecule has 2 fully saturated rings. The van der Waals surface area contributed by atoms with Crippen LogP contribution in [-0.4, -0.2) is 77.0 Å². The molecule has 1 aliphatic carbocycles. The van der Waals surface area contributed by atoms with Crippen LogP contribution < -0.4 is 15.5 Å². The smallest absolute Gasteiger partial charge is 0.324 e. The number of aryl methyl sites for hydroxylation is 2. The lowest BCUT2D eigenvalue weighted by Gasteiger charge is -2.37. The molecule has 3 aromatic rings. The van der Waals surface area contributed by atoms with E-state index in [0.717, 1.165) is 54.3 Å². The summed E-state index contributed by atoms with van der Waals surface area (Å²) in [5, 5.41) is 10.7. The number of urea groups is 1. The van der Waals surface area contributed by atoms with Crippen molar-refractivity contribution in [2.75, 3.05) is 48.0 Å². The second kappa shape index (κ2) is 12.6. The maximum absolute atomic E-state index is 13.0. The zero-order valence-electron chi connectivity index (χ0n) is 26.5. The number of amides is 3. The van der Waals surface area contributed by atoms with Gasteiger partial charge in [-0.25, -0.2) is 14.5 Å². The summed E-state index contributed by atoms with van der Waals surface area (Å²) in [6.07, 6.45) is 4.40. The van der Waals surface area contributed by atoms with E-state index in [1.54, 1.807) is 10.9 Å². The third-order valence-electron chi connectivity index (χ3n) is 7.69. The maximum atomic E-state index is 13.0. The Morgan fingerprint density at radius 2 is 1.57 bits per heavy atom. The van der Waals surface area contributed by atoms with Crippen molar-refractivity contribution >= 4 is 39.4 Å². The Balaban J connectivity index is 0.000000818. The lowest BCUT2D eigenvalue weighted by molar-refractivity contribution is -0.136. The Kier molecular flexibility index (Phi) is 9.40. The van der Waals surface area contributed by atoms with Crippen molar-refractivity contribution in [2.45, 2.75) is 59.8 Å². The molecule has 0 spiro atoms. The number of anilines is 3. The fourth-order valence-electron chi connectivity index (χ4n) is 4.87. The first kappa shape index (κ1) is 32.9. The molecule has 1 aliphatic heterocycles. The van der Waals surface area contributed by atoms with Crippen molar-refractivity contribution in [1.82, 2.24) is 19.7 Å². The van der Waals surface area contributed by atoms with Gasteiger partial charge < -0.3 is 15.1 Å². The number of carbonyl (C=O) groups is 2. The van der Waals surface area contributed by atoms with E-state index in [9.17, 15) is 18.0 Å². The van der Waals surface area contributed by atoms with E-state index in [0.29, 0.717) is 30.9 Å². The first-order valence-electron chi connectivity index (χ1n) is 14.6. The third-order valence-corrected chi connectivity index (χ3v) is 7.69. The number of pyridine rings is 1. The van der Waals surface area contributed by atoms with Gasteiger partial charge in [-0.15, -0.1) is 0 Å². The topological polar surface area (TPSA) is 150 Å². The highest BCUT2D eigenvalue weighted by Gasteiger charge is 2.47. The second-order valence-corrected chi connectivity index (χ2v) is 14.4. The molecule has 1 saturated carbocycles. The van der Waals surface area contributed by atoms with Gasteiger partial charge in [0.1, 0.15) is 11.6 Å². The zero-order valence-corrected chi connectivity index (χ0v) is 27.3. The van der Waals surface area contributed by atoms with E-state index in [1.165, 1.54) is 0 Å². The first-order valence-corrected chi connectivity index (χ1v) is 16.5. The quantitative estimate of drug-likeness (QED) is 0.343. The Bertz CT molecular complexity index is 1610. The summed E-state index contributed by atoms with van der Waals surface area (Å²) in [4.78, 5) is 34.6. The highest BCUT2D eigenvalue weighted by atomic mass is 32.2. The second-order valence-electron chi connectivity index (χ2n) is 12.9. The number of nitrogens with one attached hydrogen (secondary N) is 2. The van der Waals surface area contributed by atoms with E-state index in [-0.39, 0.29) is 22.8 Å². The van der Waals surface area contributed by atoms with Gasteiger partial charge >= 0.3 is 6.03 Å². The SMILES string of the molecule is CS(=O)(=O)O.Cc1ccc(-n2nc(C(C)(C)C)cc2NC(=O)Nc2cnc(N3CCN(C(=O)C4(C)CC4)CC3)c(C)c2)cc1. The maximum Gasteiger partial charge on any atom is 0.324 e. The number of rotatable bonds is 5. The van der Waals surface area contributed by atoms with Crippen LogP contribution in [0.25, 0.3) is 5.69 Å². The molecule has 0 atom stereocenters. The van der Waals surface area contributed by atoms with Crippen molar-refractivity contribution in [3.8, 4) is 5.69 Å². The monoisotopic (exact) mass is 625 g/mol. The zero-order chi connectivity index (χ0) is 32.4. The van der Waals surface area contributed by atoms with Crippen LogP contribution in [-0.2, 0) is 20.3 Å². The van der Waals surface area contributed by atoms with E-state index in [2.05, 4.69) is 48.2 Å². The predicted molar refractivity (Wildman–Crippen MR) is 172 cm³/mol. The van der Waals surface area contributed by atoms with Crippen LogP contribution >= 0.6 is 0 Å². The van der Waals surface area contributed by atoms with Crippen LogP contribution in [0, 0.1) is 19.3 Å². The van der Waals surface area contributed by atoms with Gasteiger partial charge in [0.05, 0.1) is 29.5 Å². The van der Waals surface area contributed by atoms with Crippen molar-refractivity contribution in [3.05, 3.63) is 59.4 Å². The molecule has 5 rings (SSSR count). The van der Waals surface area contributed by atoms with Crippen LogP contribution in [0.3, 0.4) is 0 Å². The molecule has 238 valence electrons. The van der Waals surface area contributed by atoms with Crippen LogP contribution in [0.5, 0.6) is 0 Å². The summed E-state index contributed by atoms with van der Waals surface area (Å²) in [7, 11) is -3.67. The highest BCUT2D eigenvalue weighted by Crippen LogP contribution is 2.46. The molecule has 2 aromatic heterocycles. The lowest BCUT2D eigenvalue weighted by atomic mass is 9.92. The fourth-order valence-corrected chi connectivity index (χ4v) is 4.87. The molecule has 0 bridgehead atoms. The molecular weight excluding hydrogens is 582 g/mol. The number of carbonyl (C=O) groups excluding carboxylic acids is 2. The fraction of sp³-hybridized carbons (Fsp3) is 0.484. The van der Waals surface area contributed by atoms with Gasteiger partial charge in [-0.1, -0.05) is 45.4 Å². The summed E-state index contributed by atoms with van der Waals surface area (Å²) in [6.45, 7) is 15.3. The van der Waals surface area contributed by atoms with Gasteiger partial charge in [0.15, 0.2) is 0 Å². The van der Waals surface area contributed by atoms with Crippen LogP contribution in [0.4, 0.5) is 22.1 Å². The average Bonchev–Trinajstić information content (AvgIpc) is 3.53. The first-order chi connectivity index (χ1) is 20.4. The molecule has 3 heterocycles. The molecule has 2 aliphatic rings. The number of piperazine rings is 1. The molecule has 3 N–H and O–H groups in total. The van der Waals surface area contributed by atoms with Crippen molar-refractivity contribution < 1.29 is 22.6 Å². The lowest BCUT2D eigenvalue weighted by Crippen LogP contribution is -2.50. The number of benzene rings is 1. The Morgan fingerprint density at radius 1 is 0.977 bits per heavy atom. The Labute approximate surface area is 259 Å². The highest BCUT2D eigenvalue weighted by molar-refractivity contribution is 7.85. The Hall–Kier alpha value is -3.97. The van der Waals surface area contributed by atoms with Gasteiger partial charge in [0.2, 0.25) is 5.91 Å². The minimum atomic E-state index is -3.67. The number of hydrogen-bond donors (Lipinski definition) is 3.